The molecule has 0 fully saturated rings. The van der Waals surface area contributed by atoms with Gasteiger partial charge in [-0.15, -0.1) is 0 Å². The molecule has 0 radical (unpaired) electrons. The Morgan fingerprint density at radius 3 is 1.33 bits per heavy atom. The summed E-state index contributed by atoms with van der Waals surface area (Å²) in [6.07, 6.45) is 0. The van der Waals surface area contributed by atoms with Crippen molar-refractivity contribution in [2.45, 2.75) is 0 Å². The van der Waals surface area contributed by atoms with E-state index >= 15 is 0 Å². The van der Waals surface area contributed by atoms with Crippen LogP contribution in [0.25, 0.3) is 0 Å². The average Bonchev–Trinajstić information content (AvgIpc) is 1.41. The van der Waals surface area contributed by atoms with Crippen molar-refractivity contribution < 1.29 is 27.4 Å². The zero-order chi connectivity index (χ0) is 5.58. The Hall–Kier alpha value is 0.280. The van der Waals surface area contributed by atoms with Gasteiger partial charge in [0.25, 0.3) is 0 Å². The summed E-state index contributed by atoms with van der Waals surface area (Å²) in [4.78, 5) is 0. The van der Waals surface area contributed by atoms with Crippen molar-refractivity contribution in [1.82, 2.24) is 0 Å². The van der Waals surface area contributed by atoms with Crippen LogP contribution in [-0.2, 0) is 0 Å². The molecule has 0 aliphatic carbocycles. The van der Waals surface area contributed by atoms with Gasteiger partial charge < -0.3 is 8.40 Å². The van der Waals surface area contributed by atoms with Gasteiger partial charge in [0.1, 0.15) is 0 Å². The summed E-state index contributed by atoms with van der Waals surface area (Å²) in [6.45, 7) is 0. The SMILES string of the molecule is NN.[O-][Br+2]([O-])O. The Balaban J connectivity index is 0. The molecule has 0 aliphatic rings. The second kappa shape index (κ2) is 8.99. The highest BCUT2D eigenvalue weighted by molar-refractivity contribution is 3.26. The smallest absolute Gasteiger partial charge is 0.372 e. The van der Waals surface area contributed by atoms with Crippen molar-refractivity contribution >= 4 is 0 Å². The van der Waals surface area contributed by atoms with E-state index in [1.54, 1.807) is 0 Å². The lowest BCUT2D eigenvalue weighted by Gasteiger charge is -1.69. The third-order valence-corrected chi connectivity index (χ3v) is 0. The zero-order valence-corrected chi connectivity index (χ0v) is 4.38. The van der Waals surface area contributed by atoms with E-state index in [0.717, 1.165) is 0 Å². The van der Waals surface area contributed by atoms with E-state index < -0.39 is 14.8 Å². The molecule has 0 saturated carbocycles. The van der Waals surface area contributed by atoms with Crippen molar-refractivity contribution in [2.24, 2.45) is 11.7 Å². The summed E-state index contributed by atoms with van der Waals surface area (Å²) >= 11 is -3.40. The maximum Gasteiger partial charge on any atom is 0.433 e. The Morgan fingerprint density at radius 1 is 1.33 bits per heavy atom. The molecule has 0 bridgehead atoms. The van der Waals surface area contributed by atoms with Gasteiger partial charge in [-0.1, -0.05) is 0 Å². The molecule has 0 aromatic heterocycles. The molecule has 0 rings (SSSR count). The maximum atomic E-state index is 8.63. The Bertz CT molecular complexity index is 13.5. The Kier molecular flexibility index (Phi) is 14.3. The van der Waals surface area contributed by atoms with E-state index in [1.807, 2.05) is 0 Å². The van der Waals surface area contributed by atoms with Crippen molar-refractivity contribution in [3.05, 3.63) is 0 Å². The molecule has 40 valence electrons. The predicted molar refractivity (Wildman–Crippen MR) is 10.6 cm³/mol. The molecule has 6 heteroatoms. The Morgan fingerprint density at radius 2 is 1.33 bits per heavy atom. The molecule has 0 atom stereocenters. The van der Waals surface area contributed by atoms with Crippen LogP contribution < -0.4 is 20.1 Å². The van der Waals surface area contributed by atoms with E-state index in [-0.39, 0.29) is 0 Å². The van der Waals surface area contributed by atoms with Crippen LogP contribution in [0.3, 0.4) is 0 Å². The predicted octanol–water partition coefficient (Wildman–Crippen LogP) is -4.12. The number of hydrogen-bond acceptors (Lipinski definition) is 5. The highest BCUT2D eigenvalue weighted by Crippen LogP contribution is 1.38. The molecule has 5 N–H and O–H groups in total. The molecule has 0 aromatic rings. The summed E-state index contributed by atoms with van der Waals surface area (Å²) in [5, 5.41) is 0. The molecule has 0 amide bonds. The number of hydrogen-bond donors (Lipinski definition) is 3. The standard InChI is InChI=1S/BrHO3.H4N2/c2-1(3)4;1-2/h2H;1-2H2. The topological polar surface area (TPSA) is 118 Å². The minimum Gasteiger partial charge on any atom is -0.372 e. The second-order valence-corrected chi connectivity index (χ2v) is 1.04. The monoisotopic (exact) mass is 160 g/mol. The molecular weight excluding hydrogens is 156 g/mol. The second-order valence-electron chi connectivity index (χ2n) is 0.201. The van der Waals surface area contributed by atoms with Crippen LogP contribution in [0, 0.1) is 14.8 Å². The van der Waals surface area contributed by atoms with E-state index in [4.69, 9.17) is 12.6 Å². The lowest BCUT2D eigenvalue weighted by molar-refractivity contribution is -1.63. The van der Waals surface area contributed by atoms with Crippen LogP contribution in [0.2, 0.25) is 0 Å². The third kappa shape index (κ3) is 587. The number of nitrogens with two attached hydrogens (primary N) is 2. The first kappa shape index (κ1) is 9.56. The number of hydrazine groups is 1. The van der Waals surface area contributed by atoms with Gasteiger partial charge in [-0.3, -0.25) is 11.7 Å². The van der Waals surface area contributed by atoms with Crippen LogP contribution in [0.1, 0.15) is 0 Å². The number of rotatable bonds is 0. The van der Waals surface area contributed by atoms with E-state index in [1.165, 1.54) is 0 Å². The summed E-state index contributed by atoms with van der Waals surface area (Å²) in [5.41, 5.74) is 0. The first-order valence-corrected chi connectivity index (χ1v) is 2.82. The first-order valence-electron chi connectivity index (χ1n) is 0.811. The van der Waals surface area contributed by atoms with Gasteiger partial charge in [0.05, 0.1) is 0 Å². The van der Waals surface area contributed by atoms with Crippen molar-refractivity contribution in [3.63, 3.8) is 0 Å². The fourth-order valence-electron chi connectivity index (χ4n) is 0. The molecule has 0 unspecified atom stereocenters. The molecule has 0 saturated heterocycles. The molecular formula is H5BrN2O3. The minimum absolute atomic E-state index is 3.40. The highest BCUT2D eigenvalue weighted by atomic mass is 80.0. The average molecular weight is 161 g/mol. The number of halogens is 1. The highest BCUT2D eigenvalue weighted by Gasteiger charge is 1.86. The molecule has 0 heterocycles. The largest absolute Gasteiger partial charge is 0.433 e. The fraction of sp³-hybridized carbons (Fsp3) is 0. The van der Waals surface area contributed by atoms with Crippen LogP contribution in [-0.4, -0.2) is 4.20 Å². The third-order valence-electron chi connectivity index (χ3n) is 0. The fourth-order valence-corrected chi connectivity index (χ4v) is 0. The summed E-state index contributed by atoms with van der Waals surface area (Å²) in [7, 11) is 0. The summed E-state index contributed by atoms with van der Waals surface area (Å²) in [5.74, 6) is 8.00. The minimum atomic E-state index is -3.40. The lowest BCUT2D eigenvalue weighted by Crippen LogP contribution is -2.30. The molecule has 5 nitrogen and oxygen atoms in total. The van der Waals surface area contributed by atoms with Crippen LogP contribution >= 0.6 is 0 Å². The van der Waals surface area contributed by atoms with Crippen molar-refractivity contribution in [1.29, 1.82) is 0 Å². The van der Waals surface area contributed by atoms with Gasteiger partial charge in [-0.25, -0.2) is 0 Å². The molecule has 6 heavy (non-hydrogen) atoms. The summed E-state index contributed by atoms with van der Waals surface area (Å²) in [6, 6.07) is 0. The Labute approximate surface area is 40.0 Å². The van der Waals surface area contributed by atoms with Gasteiger partial charge in [-0.05, 0) is 4.20 Å². The first-order chi connectivity index (χ1) is 2.73. The van der Waals surface area contributed by atoms with Gasteiger partial charge >= 0.3 is 14.8 Å². The maximum absolute atomic E-state index is 8.63. The van der Waals surface area contributed by atoms with Crippen LogP contribution in [0.15, 0.2) is 0 Å². The lowest BCUT2D eigenvalue weighted by atomic mass is 13.0. The molecule has 0 aromatic carbocycles. The van der Waals surface area contributed by atoms with Gasteiger partial charge in [0.15, 0.2) is 0 Å². The van der Waals surface area contributed by atoms with Crippen LogP contribution in [0.4, 0.5) is 0 Å². The van der Waals surface area contributed by atoms with Gasteiger partial charge in [0.2, 0.25) is 0 Å². The van der Waals surface area contributed by atoms with Gasteiger partial charge in [-0.2, -0.15) is 0 Å². The van der Waals surface area contributed by atoms with E-state index in [2.05, 4.69) is 11.7 Å². The summed E-state index contributed by atoms with van der Waals surface area (Å²) < 4.78 is 24.3. The van der Waals surface area contributed by atoms with E-state index in [0.29, 0.717) is 0 Å². The zero-order valence-electron chi connectivity index (χ0n) is 2.80. The quantitative estimate of drug-likeness (QED) is 0.246. The van der Waals surface area contributed by atoms with E-state index in [9.17, 15) is 0 Å². The van der Waals surface area contributed by atoms with Gasteiger partial charge in [0, 0.05) is 0 Å². The van der Waals surface area contributed by atoms with Crippen molar-refractivity contribution in [2.75, 3.05) is 0 Å². The molecule has 0 aliphatic heterocycles. The normalized spacial score (nSPS) is 7.00. The van der Waals surface area contributed by atoms with Crippen LogP contribution in [0.5, 0.6) is 0 Å². The molecule has 0 spiro atoms. The van der Waals surface area contributed by atoms with Crippen molar-refractivity contribution in [3.8, 4) is 0 Å².